The molecule has 2 aromatic carbocycles. The molecule has 0 spiro atoms. The fourth-order valence-corrected chi connectivity index (χ4v) is 3.35. The Hall–Kier alpha value is -2.60. The zero-order valence-electron chi connectivity index (χ0n) is 12.5. The summed E-state index contributed by atoms with van der Waals surface area (Å²) in [6.45, 7) is 0. The van der Waals surface area contributed by atoms with Crippen molar-refractivity contribution in [1.29, 1.82) is 0 Å². The van der Waals surface area contributed by atoms with Gasteiger partial charge < -0.3 is 0 Å². The van der Waals surface area contributed by atoms with Crippen LogP contribution in [0.5, 0.6) is 0 Å². The summed E-state index contributed by atoms with van der Waals surface area (Å²) in [6.07, 6.45) is 11.1. The zero-order chi connectivity index (χ0) is 14.8. The van der Waals surface area contributed by atoms with Gasteiger partial charge in [-0.05, 0) is 46.3 Å². The SMILES string of the molecule is C1=CCC(C2=C(c3ccccc3)C(c3ccccc3)=CC2)=C1. The van der Waals surface area contributed by atoms with Gasteiger partial charge in [0, 0.05) is 0 Å². The van der Waals surface area contributed by atoms with Gasteiger partial charge in [-0.3, -0.25) is 0 Å². The van der Waals surface area contributed by atoms with E-state index in [0.29, 0.717) is 0 Å². The fraction of sp³-hybridized carbons (Fsp3) is 0.0909. The van der Waals surface area contributed by atoms with Crippen molar-refractivity contribution < 1.29 is 0 Å². The first-order valence-corrected chi connectivity index (χ1v) is 7.84. The molecule has 0 fully saturated rings. The zero-order valence-corrected chi connectivity index (χ0v) is 12.5. The lowest BCUT2D eigenvalue weighted by molar-refractivity contribution is 1.18. The lowest BCUT2D eigenvalue weighted by atomic mass is 9.90. The fourth-order valence-electron chi connectivity index (χ4n) is 3.35. The molecule has 2 aromatic rings. The van der Waals surface area contributed by atoms with Crippen molar-refractivity contribution in [1.82, 2.24) is 0 Å². The van der Waals surface area contributed by atoms with Crippen molar-refractivity contribution in [2.75, 3.05) is 0 Å². The lowest BCUT2D eigenvalue weighted by Gasteiger charge is -2.14. The highest BCUT2D eigenvalue weighted by Gasteiger charge is 2.22. The Kier molecular flexibility index (Phi) is 3.36. The van der Waals surface area contributed by atoms with Gasteiger partial charge >= 0.3 is 0 Å². The molecular weight excluding hydrogens is 264 g/mol. The Morgan fingerprint density at radius 1 is 0.682 bits per heavy atom. The van der Waals surface area contributed by atoms with Gasteiger partial charge in [0.2, 0.25) is 0 Å². The van der Waals surface area contributed by atoms with Crippen LogP contribution in [0, 0.1) is 0 Å². The van der Waals surface area contributed by atoms with Crippen molar-refractivity contribution in [2.24, 2.45) is 0 Å². The van der Waals surface area contributed by atoms with E-state index in [1.54, 1.807) is 0 Å². The third kappa shape index (κ3) is 2.27. The monoisotopic (exact) mass is 282 g/mol. The van der Waals surface area contributed by atoms with E-state index in [-0.39, 0.29) is 0 Å². The van der Waals surface area contributed by atoms with Crippen molar-refractivity contribution >= 4 is 11.1 Å². The smallest absolute Gasteiger partial charge is 0.00704 e. The summed E-state index contributed by atoms with van der Waals surface area (Å²) in [6, 6.07) is 21.5. The highest BCUT2D eigenvalue weighted by molar-refractivity contribution is 6.09. The first-order chi connectivity index (χ1) is 10.9. The molecule has 0 aromatic heterocycles. The van der Waals surface area contributed by atoms with E-state index in [4.69, 9.17) is 0 Å². The van der Waals surface area contributed by atoms with E-state index in [1.165, 1.54) is 33.4 Å². The minimum atomic E-state index is 1.03. The van der Waals surface area contributed by atoms with E-state index in [9.17, 15) is 0 Å². The summed E-state index contributed by atoms with van der Waals surface area (Å²) in [7, 11) is 0. The summed E-state index contributed by atoms with van der Waals surface area (Å²) in [5, 5.41) is 0. The van der Waals surface area contributed by atoms with E-state index >= 15 is 0 Å². The number of hydrogen-bond acceptors (Lipinski definition) is 0. The van der Waals surface area contributed by atoms with E-state index < -0.39 is 0 Å². The summed E-state index contributed by atoms with van der Waals surface area (Å²) >= 11 is 0. The minimum absolute atomic E-state index is 1.03. The molecular formula is C22H18. The number of hydrogen-bond donors (Lipinski definition) is 0. The second-order valence-corrected chi connectivity index (χ2v) is 5.73. The molecule has 0 saturated carbocycles. The van der Waals surface area contributed by atoms with Crippen molar-refractivity contribution in [3.63, 3.8) is 0 Å². The van der Waals surface area contributed by atoms with Crippen LogP contribution in [0.3, 0.4) is 0 Å². The molecule has 106 valence electrons. The van der Waals surface area contributed by atoms with Gasteiger partial charge in [0.05, 0.1) is 0 Å². The number of allylic oxidation sites excluding steroid dienone is 8. The van der Waals surface area contributed by atoms with E-state index in [2.05, 4.69) is 85.0 Å². The molecule has 0 atom stereocenters. The highest BCUT2D eigenvalue weighted by Crippen LogP contribution is 2.44. The Morgan fingerprint density at radius 2 is 1.36 bits per heavy atom. The van der Waals surface area contributed by atoms with Gasteiger partial charge in [-0.15, -0.1) is 0 Å². The van der Waals surface area contributed by atoms with Crippen LogP contribution in [0.15, 0.2) is 96.1 Å². The maximum absolute atomic E-state index is 2.38. The first-order valence-electron chi connectivity index (χ1n) is 7.84. The molecule has 0 heterocycles. The minimum Gasteiger partial charge on any atom is -0.0801 e. The molecule has 2 aliphatic carbocycles. The maximum Gasteiger partial charge on any atom is -0.00704 e. The number of rotatable bonds is 3. The molecule has 2 aliphatic rings. The standard InChI is InChI=1S/C22H18/c1-3-9-17(10-4-1)20-15-16-21(18-11-7-8-12-18)22(20)19-13-5-2-6-14-19/h1-11,13-15H,12,16H2. The Labute approximate surface area is 131 Å². The molecule has 0 bridgehead atoms. The van der Waals surface area contributed by atoms with Crippen LogP contribution in [-0.2, 0) is 0 Å². The summed E-state index contributed by atoms with van der Waals surface area (Å²) < 4.78 is 0. The Balaban J connectivity index is 1.86. The van der Waals surface area contributed by atoms with Crippen LogP contribution < -0.4 is 0 Å². The third-order valence-electron chi connectivity index (χ3n) is 4.39. The molecule has 0 radical (unpaired) electrons. The molecule has 22 heavy (non-hydrogen) atoms. The van der Waals surface area contributed by atoms with Crippen LogP contribution in [0.25, 0.3) is 11.1 Å². The Bertz CT molecular complexity index is 800. The Morgan fingerprint density at radius 3 is 2.00 bits per heavy atom. The van der Waals surface area contributed by atoms with E-state index in [0.717, 1.165) is 12.8 Å². The van der Waals surface area contributed by atoms with Crippen molar-refractivity contribution in [3.8, 4) is 0 Å². The van der Waals surface area contributed by atoms with Gasteiger partial charge in [0.1, 0.15) is 0 Å². The predicted octanol–water partition coefficient (Wildman–Crippen LogP) is 5.81. The van der Waals surface area contributed by atoms with Gasteiger partial charge in [0.15, 0.2) is 0 Å². The third-order valence-corrected chi connectivity index (χ3v) is 4.39. The molecule has 0 heteroatoms. The molecule has 0 unspecified atom stereocenters. The van der Waals surface area contributed by atoms with Gasteiger partial charge in [-0.25, -0.2) is 0 Å². The van der Waals surface area contributed by atoms with Gasteiger partial charge in [0.25, 0.3) is 0 Å². The van der Waals surface area contributed by atoms with Crippen LogP contribution in [0.1, 0.15) is 24.0 Å². The normalized spacial score (nSPS) is 16.9. The largest absolute Gasteiger partial charge is 0.0801 e. The van der Waals surface area contributed by atoms with Crippen LogP contribution in [-0.4, -0.2) is 0 Å². The molecule has 0 amide bonds. The molecule has 0 saturated heterocycles. The molecule has 4 rings (SSSR count). The maximum atomic E-state index is 2.38. The van der Waals surface area contributed by atoms with Crippen molar-refractivity contribution in [2.45, 2.75) is 12.8 Å². The van der Waals surface area contributed by atoms with Crippen LogP contribution in [0.4, 0.5) is 0 Å². The quantitative estimate of drug-likeness (QED) is 0.666. The molecule has 0 aliphatic heterocycles. The van der Waals surface area contributed by atoms with Crippen LogP contribution in [0.2, 0.25) is 0 Å². The van der Waals surface area contributed by atoms with Crippen molar-refractivity contribution in [3.05, 3.63) is 107 Å². The van der Waals surface area contributed by atoms with Crippen LogP contribution >= 0.6 is 0 Å². The first kappa shape index (κ1) is 13.1. The second kappa shape index (κ2) is 5.65. The average Bonchev–Trinajstić information content (AvgIpc) is 3.25. The van der Waals surface area contributed by atoms with E-state index in [1.807, 2.05) is 0 Å². The van der Waals surface area contributed by atoms with Gasteiger partial charge in [-0.2, -0.15) is 0 Å². The molecule has 0 nitrogen and oxygen atoms in total. The highest BCUT2D eigenvalue weighted by atomic mass is 14.3. The number of benzene rings is 2. The summed E-state index contributed by atoms with van der Waals surface area (Å²) in [5.74, 6) is 0. The summed E-state index contributed by atoms with van der Waals surface area (Å²) in [5.41, 5.74) is 8.34. The lowest BCUT2D eigenvalue weighted by Crippen LogP contribution is -1.92. The topological polar surface area (TPSA) is 0 Å². The van der Waals surface area contributed by atoms with Gasteiger partial charge in [-0.1, -0.05) is 85.0 Å². The average molecular weight is 282 g/mol. The second-order valence-electron chi connectivity index (χ2n) is 5.73. The summed E-state index contributed by atoms with van der Waals surface area (Å²) in [4.78, 5) is 0. The predicted molar refractivity (Wildman–Crippen MR) is 94.2 cm³/mol. The molecule has 0 N–H and O–H groups in total.